The van der Waals surface area contributed by atoms with Crippen LogP contribution in [0.4, 0.5) is 11.4 Å². The van der Waals surface area contributed by atoms with E-state index < -0.39 is 20.2 Å². The zero-order valence-corrected chi connectivity index (χ0v) is 22.6. The van der Waals surface area contributed by atoms with Gasteiger partial charge in [0.2, 0.25) is 0 Å². The average Bonchev–Trinajstić information content (AvgIpc) is 2.87. The van der Waals surface area contributed by atoms with Gasteiger partial charge < -0.3 is 20.1 Å². The monoisotopic (exact) mass is 613 g/mol. The minimum Gasteiger partial charge on any atom is -0.744 e. The van der Waals surface area contributed by atoms with Crippen molar-refractivity contribution in [3.05, 3.63) is 109 Å². The zero-order chi connectivity index (χ0) is 26.0. The largest absolute Gasteiger partial charge is 2.00 e. The Hall–Kier alpha value is -3.66. The summed E-state index contributed by atoms with van der Waals surface area (Å²) in [5.74, 6) is 0. The molecule has 0 amide bonds. The summed E-state index contributed by atoms with van der Waals surface area (Å²) in [6.07, 6.45) is 6.00. The molecule has 15 heteroatoms. The molecule has 205 valence electrons. The summed E-state index contributed by atoms with van der Waals surface area (Å²) in [5, 5.41) is 0. The van der Waals surface area contributed by atoms with Crippen LogP contribution in [0.3, 0.4) is 0 Å². The fourth-order valence-electron chi connectivity index (χ4n) is 2.73. The third-order valence-electron chi connectivity index (χ3n) is 4.32. The third-order valence-corrected chi connectivity index (χ3v) is 6.08. The second-order valence-electron chi connectivity index (χ2n) is 6.87. The van der Waals surface area contributed by atoms with Crippen molar-refractivity contribution >= 4 is 44.0 Å². The second-order valence-corrected chi connectivity index (χ2v) is 9.57. The van der Waals surface area contributed by atoms with Crippen LogP contribution in [-0.4, -0.2) is 59.3 Å². The van der Waals surface area contributed by atoms with E-state index in [4.69, 9.17) is 0 Å². The number of pyridine rings is 2. The Morgan fingerprint density at radius 1 is 0.564 bits per heavy atom. The van der Waals surface area contributed by atoms with Crippen LogP contribution in [0, 0.1) is 0 Å². The normalized spacial score (nSPS) is 10.9. The maximum Gasteiger partial charge on any atom is 2.00 e. The number of nitrogens with zero attached hydrogens (tertiary/aromatic N) is 4. The maximum absolute atomic E-state index is 11.0. The summed E-state index contributed by atoms with van der Waals surface area (Å²) < 4.78 is 66.1. The van der Waals surface area contributed by atoms with Crippen LogP contribution in [0.1, 0.15) is 11.4 Å². The Morgan fingerprint density at radius 2 is 0.897 bits per heavy atom. The van der Waals surface area contributed by atoms with E-state index in [-0.39, 0.29) is 49.2 Å². The van der Waals surface area contributed by atoms with Crippen LogP contribution in [0.15, 0.2) is 117 Å². The van der Waals surface area contributed by atoms with E-state index in [1.54, 1.807) is 60.9 Å². The number of hydrogen-bond donors (Lipinski definition) is 0. The second kappa shape index (κ2) is 16.3. The topological polar surface area (TPSA) is 228 Å². The van der Waals surface area contributed by atoms with Gasteiger partial charge in [0.05, 0.1) is 45.0 Å². The Labute approximate surface area is 235 Å². The first-order valence-corrected chi connectivity index (χ1v) is 13.0. The third kappa shape index (κ3) is 11.3. The van der Waals surface area contributed by atoms with Gasteiger partial charge in [0, 0.05) is 12.4 Å². The van der Waals surface area contributed by atoms with Crippen molar-refractivity contribution in [1.82, 2.24) is 9.97 Å². The van der Waals surface area contributed by atoms with Crippen molar-refractivity contribution in [3.63, 3.8) is 0 Å². The molecule has 0 saturated carbocycles. The summed E-state index contributed by atoms with van der Waals surface area (Å²) in [6.45, 7) is 0. The summed E-state index contributed by atoms with van der Waals surface area (Å²) in [6, 6.07) is 22.1. The summed E-state index contributed by atoms with van der Waals surface area (Å²) >= 11 is 0. The Balaban J connectivity index is 0.000000688. The fraction of sp³-hybridized carbons (Fsp3) is 0. The molecular formula is C24H22MnN4O8S2. The maximum atomic E-state index is 11.0. The summed E-state index contributed by atoms with van der Waals surface area (Å²) in [7, 11) is -9.04. The van der Waals surface area contributed by atoms with Crippen LogP contribution < -0.4 is 0 Å². The molecule has 2 aromatic heterocycles. The molecule has 0 saturated heterocycles. The molecule has 0 unspecified atom stereocenters. The molecule has 0 aliphatic carbocycles. The molecule has 0 aliphatic heterocycles. The van der Waals surface area contributed by atoms with Crippen molar-refractivity contribution in [2.75, 3.05) is 0 Å². The summed E-state index contributed by atoms with van der Waals surface area (Å²) in [4.78, 5) is 15.3. The predicted molar refractivity (Wildman–Crippen MR) is 139 cm³/mol. The average molecular weight is 614 g/mol. The van der Waals surface area contributed by atoms with E-state index in [0.29, 0.717) is 11.4 Å². The van der Waals surface area contributed by atoms with Gasteiger partial charge in [-0.2, -0.15) is 0 Å². The van der Waals surface area contributed by atoms with Crippen LogP contribution >= 0.6 is 0 Å². The Kier molecular flexibility index (Phi) is 14.8. The van der Waals surface area contributed by atoms with Gasteiger partial charge in [-0.15, -0.1) is 0 Å². The standard InChI is InChI=1S/2C12H10N2O3S.Mn.2H2O/c2*15-18(16,17)12-7-2-1-6-11(12)14-9-10-5-3-4-8-13-10;;;/h2*1-9H,(H,15,16,17);;2*1H2/q;;+2;;/p-2. The smallest absolute Gasteiger partial charge is 0.744 e. The van der Waals surface area contributed by atoms with Gasteiger partial charge in [-0.3, -0.25) is 20.0 Å². The summed E-state index contributed by atoms with van der Waals surface area (Å²) in [5.41, 5.74) is 1.38. The quantitative estimate of drug-likeness (QED) is 0.176. The van der Waals surface area contributed by atoms with E-state index >= 15 is 0 Å². The van der Waals surface area contributed by atoms with Gasteiger partial charge in [0.25, 0.3) is 0 Å². The minimum absolute atomic E-state index is 0. The number of para-hydroxylation sites is 2. The predicted octanol–water partition coefficient (Wildman–Crippen LogP) is 1.82. The number of aromatic nitrogens is 2. The van der Waals surface area contributed by atoms with Crippen LogP contribution in [-0.2, 0) is 37.3 Å². The number of rotatable bonds is 6. The molecule has 2 aromatic carbocycles. The molecule has 4 rings (SSSR count). The minimum atomic E-state index is -4.52. The molecule has 0 atom stereocenters. The van der Waals surface area contributed by atoms with Gasteiger partial charge in [-0.1, -0.05) is 36.4 Å². The molecule has 12 nitrogen and oxygen atoms in total. The molecular weight excluding hydrogens is 591 g/mol. The van der Waals surface area contributed by atoms with Gasteiger partial charge in [-0.05, 0) is 48.5 Å². The van der Waals surface area contributed by atoms with Crippen molar-refractivity contribution < 1.29 is 54.0 Å². The van der Waals surface area contributed by atoms with Gasteiger partial charge in [-0.25, -0.2) is 16.8 Å². The molecule has 2 heterocycles. The first-order valence-electron chi connectivity index (χ1n) is 10.1. The Morgan fingerprint density at radius 3 is 1.21 bits per heavy atom. The van der Waals surface area contributed by atoms with Crippen molar-refractivity contribution in [3.8, 4) is 0 Å². The fourth-order valence-corrected chi connectivity index (χ4v) is 3.97. The first kappa shape index (κ1) is 35.3. The van der Waals surface area contributed by atoms with Crippen molar-refractivity contribution in [2.24, 2.45) is 9.98 Å². The molecule has 4 aromatic rings. The van der Waals surface area contributed by atoms with Crippen LogP contribution in [0.25, 0.3) is 0 Å². The van der Waals surface area contributed by atoms with Crippen LogP contribution in [0.5, 0.6) is 0 Å². The number of benzene rings is 2. The first-order chi connectivity index (χ1) is 17.1. The number of aliphatic imine (C=N–C) groups is 2. The molecule has 39 heavy (non-hydrogen) atoms. The van der Waals surface area contributed by atoms with Gasteiger partial charge in [0.1, 0.15) is 20.2 Å². The van der Waals surface area contributed by atoms with E-state index in [1.807, 2.05) is 0 Å². The molecule has 0 aliphatic rings. The molecule has 0 fully saturated rings. The van der Waals surface area contributed by atoms with Gasteiger partial charge in [0.15, 0.2) is 0 Å². The van der Waals surface area contributed by atoms with Crippen molar-refractivity contribution in [1.29, 1.82) is 0 Å². The van der Waals surface area contributed by atoms with Crippen LogP contribution in [0.2, 0.25) is 0 Å². The van der Waals surface area contributed by atoms with Crippen molar-refractivity contribution in [2.45, 2.75) is 9.79 Å². The molecule has 0 spiro atoms. The number of hydrogen-bond acceptors (Lipinski definition) is 10. The van der Waals surface area contributed by atoms with E-state index in [1.165, 1.54) is 48.8 Å². The Bertz CT molecular complexity index is 1470. The van der Waals surface area contributed by atoms with E-state index in [0.717, 1.165) is 0 Å². The molecule has 1 radical (unpaired) electrons. The zero-order valence-electron chi connectivity index (χ0n) is 19.8. The molecule has 0 bridgehead atoms. The SMILES string of the molecule is O.O.O=S(=O)([O-])c1ccccc1N=Cc1ccccn1.O=S(=O)([O-])c1ccccc1N=Cc1ccccn1.[Mn+2]. The molecule has 4 N–H and O–H groups in total. The van der Waals surface area contributed by atoms with E-state index in [2.05, 4.69) is 20.0 Å². The van der Waals surface area contributed by atoms with Gasteiger partial charge >= 0.3 is 17.1 Å². The van der Waals surface area contributed by atoms with E-state index in [9.17, 15) is 25.9 Å².